The molecule has 4 nitrogen and oxygen atoms in total. The first kappa shape index (κ1) is 16.1. The quantitative estimate of drug-likeness (QED) is 0.640. The monoisotopic (exact) mass is 306 g/mol. The predicted octanol–water partition coefficient (Wildman–Crippen LogP) is 2.70. The van der Waals surface area contributed by atoms with Crippen LogP contribution in [-0.4, -0.2) is 61.1 Å². The van der Waals surface area contributed by atoms with E-state index in [4.69, 9.17) is 4.99 Å². The van der Waals surface area contributed by atoms with Crippen LogP contribution >= 0.6 is 0 Å². The van der Waals surface area contributed by atoms with E-state index in [1.165, 1.54) is 64.6 Å². The third-order valence-corrected chi connectivity index (χ3v) is 6.08. The van der Waals surface area contributed by atoms with Crippen LogP contribution in [0.15, 0.2) is 4.99 Å². The first-order chi connectivity index (χ1) is 10.7. The number of hydrogen-bond donors (Lipinski definition) is 1. The number of piperidine rings is 1. The zero-order valence-corrected chi connectivity index (χ0v) is 14.6. The van der Waals surface area contributed by atoms with Crippen molar-refractivity contribution in [2.75, 3.05) is 39.3 Å². The molecule has 0 aromatic heterocycles. The van der Waals surface area contributed by atoms with Gasteiger partial charge in [-0.3, -0.25) is 9.89 Å². The molecule has 1 aliphatic carbocycles. The number of likely N-dealkylation sites (tertiary alicyclic amines) is 2. The minimum atomic E-state index is 0.650. The Bertz CT molecular complexity index is 389. The predicted molar refractivity (Wildman–Crippen MR) is 93.3 cm³/mol. The number of nitrogens with one attached hydrogen (secondary N) is 1. The Morgan fingerprint density at radius 2 is 2.05 bits per heavy atom. The molecule has 3 fully saturated rings. The van der Waals surface area contributed by atoms with Gasteiger partial charge in [-0.25, -0.2) is 0 Å². The van der Waals surface area contributed by atoms with Crippen molar-refractivity contribution in [2.24, 2.45) is 10.4 Å². The molecular weight excluding hydrogens is 272 g/mol. The number of hydrogen-bond acceptors (Lipinski definition) is 2. The van der Waals surface area contributed by atoms with Crippen LogP contribution in [0.4, 0.5) is 0 Å². The summed E-state index contributed by atoms with van der Waals surface area (Å²) < 4.78 is 0. The van der Waals surface area contributed by atoms with Gasteiger partial charge in [0.15, 0.2) is 5.96 Å². The number of guanidine groups is 1. The molecule has 1 atom stereocenters. The Hall–Kier alpha value is -0.770. The van der Waals surface area contributed by atoms with Crippen molar-refractivity contribution < 1.29 is 0 Å². The number of nitrogens with zero attached hydrogens (tertiary/aromatic N) is 3. The van der Waals surface area contributed by atoms with Crippen LogP contribution in [0.5, 0.6) is 0 Å². The van der Waals surface area contributed by atoms with Gasteiger partial charge in [0, 0.05) is 32.2 Å². The van der Waals surface area contributed by atoms with Crippen molar-refractivity contribution in [3.05, 3.63) is 0 Å². The Morgan fingerprint density at radius 1 is 1.18 bits per heavy atom. The van der Waals surface area contributed by atoms with E-state index in [1.54, 1.807) is 0 Å². The minimum absolute atomic E-state index is 0.650. The van der Waals surface area contributed by atoms with Gasteiger partial charge in [0.2, 0.25) is 0 Å². The summed E-state index contributed by atoms with van der Waals surface area (Å²) in [5.74, 6) is 1.16. The van der Waals surface area contributed by atoms with Crippen LogP contribution in [0, 0.1) is 5.41 Å². The molecule has 3 aliphatic rings. The van der Waals surface area contributed by atoms with Crippen LogP contribution in [0.3, 0.4) is 0 Å². The maximum Gasteiger partial charge on any atom is 0.193 e. The molecule has 1 spiro atoms. The van der Waals surface area contributed by atoms with Gasteiger partial charge in [-0.2, -0.15) is 0 Å². The highest BCUT2D eigenvalue weighted by molar-refractivity contribution is 5.80. The second kappa shape index (κ2) is 7.20. The highest BCUT2D eigenvalue weighted by Crippen LogP contribution is 2.47. The molecule has 2 heterocycles. The molecule has 1 saturated carbocycles. The molecule has 3 rings (SSSR count). The Balaban J connectivity index is 1.51. The molecule has 4 heteroatoms. The molecule has 1 unspecified atom stereocenters. The van der Waals surface area contributed by atoms with Gasteiger partial charge in [0.1, 0.15) is 0 Å². The molecule has 2 aliphatic heterocycles. The fourth-order valence-corrected chi connectivity index (χ4v) is 4.40. The van der Waals surface area contributed by atoms with Crippen LogP contribution < -0.4 is 5.32 Å². The number of rotatable bonds is 4. The molecule has 2 saturated heterocycles. The summed E-state index contributed by atoms with van der Waals surface area (Å²) in [4.78, 5) is 10.1. The summed E-state index contributed by atoms with van der Waals surface area (Å²) in [7, 11) is 0. The summed E-state index contributed by atoms with van der Waals surface area (Å²) in [5.41, 5.74) is 0.650. The summed E-state index contributed by atoms with van der Waals surface area (Å²) in [6, 6.07) is 0.747. The van der Waals surface area contributed by atoms with E-state index in [0.29, 0.717) is 5.41 Å². The standard InChI is InChI=1S/C18H34N4/c1-3-19-17(22-13-10-18(15-22)8-6-9-18)20-11-14-21-12-5-4-7-16(21)2/h16H,3-15H2,1-2H3,(H,19,20). The lowest BCUT2D eigenvalue weighted by molar-refractivity contribution is 0.151. The van der Waals surface area contributed by atoms with Crippen molar-refractivity contribution in [3.63, 3.8) is 0 Å². The minimum Gasteiger partial charge on any atom is -0.357 e. The molecule has 0 radical (unpaired) electrons. The fourth-order valence-electron chi connectivity index (χ4n) is 4.40. The van der Waals surface area contributed by atoms with E-state index in [-0.39, 0.29) is 0 Å². The maximum absolute atomic E-state index is 4.94. The summed E-state index contributed by atoms with van der Waals surface area (Å²) in [5, 5.41) is 3.52. The van der Waals surface area contributed by atoms with E-state index >= 15 is 0 Å². The lowest BCUT2D eigenvalue weighted by Crippen LogP contribution is -2.43. The lowest BCUT2D eigenvalue weighted by atomic mass is 9.68. The van der Waals surface area contributed by atoms with E-state index in [0.717, 1.165) is 31.6 Å². The van der Waals surface area contributed by atoms with Gasteiger partial charge in [-0.1, -0.05) is 12.8 Å². The van der Waals surface area contributed by atoms with Crippen molar-refractivity contribution in [3.8, 4) is 0 Å². The molecule has 22 heavy (non-hydrogen) atoms. The summed E-state index contributed by atoms with van der Waals surface area (Å²) in [6.07, 6.45) is 9.82. The second-order valence-electron chi connectivity index (χ2n) is 7.64. The van der Waals surface area contributed by atoms with Crippen LogP contribution in [0.25, 0.3) is 0 Å². The van der Waals surface area contributed by atoms with Gasteiger partial charge < -0.3 is 10.2 Å². The normalized spacial score (nSPS) is 28.9. The van der Waals surface area contributed by atoms with Crippen molar-refractivity contribution in [2.45, 2.75) is 64.8 Å². The third kappa shape index (κ3) is 3.58. The molecule has 0 aromatic carbocycles. The van der Waals surface area contributed by atoms with Gasteiger partial charge in [0.25, 0.3) is 0 Å². The van der Waals surface area contributed by atoms with Gasteiger partial charge >= 0.3 is 0 Å². The van der Waals surface area contributed by atoms with E-state index < -0.39 is 0 Å². The van der Waals surface area contributed by atoms with Gasteiger partial charge in [-0.05, 0) is 57.9 Å². The molecule has 0 bridgehead atoms. The van der Waals surface area contributed by atoms with Crippen molar-refractivity contribution in [1.82, 2.24) is 15.1 Å². The maximum atomic E-state index is 4.94. The van der Waals surface area contributed by atoms with Gasteiger partial charge in [-0.15, -0.1) is 0 Å². The van der Waals surface area contributed by atoms with E-state index in [9.17, 15) is 0 Å². The largest absolute Gasteiger partial charge is 0.357 e. The lowest BCUT2D eigenvalue weighted by Gasteiger charge is -2.38. The van der Waals surface area contributed by atoms with E-state index in [1.807, 2.05) is 0 Å². The average molecular weight is 306 g/mol. The van der Waals surface area contributed by atoms with Crippen LogP contribution in [0.2, 0.25) is 0 Å². The SMILES string of the molecule is CCNC(=NCCN1CCCCC1C)N1CCC2(CCC2)C1. The first-order valence-corrected chi connectivity index (χ1v) is 9.50. The van der Waals surface area contributed by atoms with Crippen molar-refractivity contribution >= 4 is 5.96 Å². The summed E-state index contributed by atoms with van der Waals surface area (Å²) in [6.45, 7) is 11.3. The zero-order valence-electron chi connectivity index (χ0n) is 14.6. The molecule has 0 aromatic rings. The Labute approximate surface area is 136 Å². The Morgan fingerprint density at radius 3 is 2.68 bits per heavy atom. The van der Waals surface area contributed by atoms with Crippen LogP contribution in [-0.2, 0) is 0 Å². The molecular formula is C18H34N4. The first-order valence-electron chi connectivity index (χ1n) is 9.50. The molecule has 126 valence electrons. The second-order valence-corrected chi connectivity index (χ2v) is 7.64. The Kier molecular flexibility index (Phi) is 5.27. The topological polar surface area (TPSA) is 30.9 Å². The highest BCUT2D eigenvalue weighted by atomic mass is 15.3. The smallest absolute Gasteiger partial charge is 0.193 e. The zero-order chi connectivity index (χ0) is 15.4. The average Bonchev–Trinajstić information content (AvgIpc) is 2.94. The highest BCUT2D eigenvalue weighted by Gasteiger charge is 2.43. The fraction of sp³-hybridized carbons (Fsp3) is 0.944. The molecule has 0 amide bonds. The van der Waals surface area contributed by atoms with E-state index in [2.05, 4.69) is 29.0 Å². The number of aliphatic imine (C=N–C) groups is 1. The van der Waals surface area contributed by atoms with Crippen molar-refractivity contribution in [1.29, 1.82) is 0 Å². The van der Waals surface area contributed by atoms with Gasteiger partial charge in [0.05, 0.1) is 6.54 Å². The third-order valence-electron chi connectivity index (χ3n) is 6.08. The summed E-state index contributed by atoms with van der Waals surface area (Å²) >= 11 is 0. The molecule has 1 N–H and O–H groups in total. The van der Waals surface area contributed by atoms with Crippen LogP contribution in [0.1, 0.15) is 58.8 Å².